The van der Waals surface area contributed by atoms with Crippen molar-refractivity contribution in [2.24, 2.45) is 0 Å². The molecule has 0 fully saturated rings. The number of hydrogen-bond donors (Lipinski definition) is 1. The summed E-state index contributed by atoms with van der Waals surface area (Å²) in [5.74, 6) is 2.81. The first-order valence-electron chi connectivity index (χ1n) is 12.9. The number of anilines is 2. The summed E-state index contributed by atoms with van der Waals surface area (Å²) in [6.45, 7) is 0.870. The molecule has 4 heterocycles. The van der Waals surface area contributed by atoms with Crippen LogP contribution >= 0.6 is 0 Å². The van der Waals surface area contributed by atoms with Crippen molar-refractivity contribution in [1.82, 2.24) is 0 Å². The van der Waals surface area contributed by atoms with Crippen molar-refractivity contribution in [3.8, 4) is 28.7 Å². The zero-order valence-corrected chi connectivity index (χ0v) is 21.1. The van der Waals surface area contributed by atoms with Crippen molar-refractivity contribution in [2.45, 2.75) is 12.0 Å². The summed E-state index contributed by atoms with van der Waals surface area (Å²) >= 11 is 0. The minimum absolute atomic E-state index is 0.0593. The van der Waals surface area contributed by atoms with Gasteiger partial charge in [-0.15, -0.1) is 0 Å². The number of para-hydroxylation sites is 1. The number of hydrogen-bond acceptors (Lipinski definition) is 7. The van der Waals surface area contributed by atoms with E-state index in [4.69, 9.17) is 23.7 Å². The molecule has 4 aromatic rings. The van der Waals surface area contributed by atoms with Crippen LogP contribution in [0.2, 0.25) is 0 Å². The van der Waals surface area contributed by atoms with E-state index in [9.17, 15) is 9.59 Å². The lowest BCUT2D eigenvalue weighted by Gasteiger charge is -2.23. The van der Waals surface area contributed by atoms with E-state index in [1.54, 1.807) is 41.3 Å². The Labute approximate surface area is 228 Å². The highest BCUT2D eigenvalue weighted by Crippen LogP contribution is 2.55. The first kappa shape index (κ1) is 22.8. The summed E-state index contributed by atoms with van der Waals surface area (Å²) in [5, 5.41) is 2.89. The van der Waals surface area contributed by atoms with Gasteiger partial charge in [0.15, 0.2) is 23.0 Å². The minimum Gasteiger partial charge on any atom is -0.491 e. The Morgan fingerprint density at radius 3 is 2.30 bits per heavy atom. The van der Waals surface area contributed by atoms with Crippen LogP contribution in [0.15, 0.2) is 78.9 Å². The summed E-state index contributed by atoms with van der Waals surface area (Å²) in [7, 11) is 0. The van der Waals surface area contributed by atoms with Crippen molar-refractivity contribution in [1.29, 1.82) is 0 Å². The highest BCUT2D eigenvalue weighted by Gasteiger charge is 2.57. The van der Waals surface area contributed by atoms with Gasteiger partial charge in [-0.3, -0.25) is 9.59 Å². The van der Waals surface area contributed by atoms with Gasteiger partial charge in [-0.2, -0.15) is 0 Å². The van der Waals surface area contributed by atoms with Crippen molar-refractivity contribution < 1.29 is 33.3 Å². The van der Waals surface area contributed by atoms with Gasteiger partial charge >= 0.3 is 0 Å². The predicted octanol–water partition coefficient (Wildman–Crippen LogP) is 4.62. The van der Waals surface area contributed by atoms with Gasteiger partial charge in [0.2, 0.25) is 19.5 Å². The Morgan fingerprint density at radius 2 is 1.48 bits per heavy atom. The maximum absolute atomic E-state index is 14.2. The summed E-state index contributed by atoms with van der Waals surface area (Å²) in [6.07, 6.45) is 0. The van der Waals surface area contributed by atoms with Crippen LogP contribution in [0.25, 0.3) is 0 Å². The van der Waals surface area contributed by atoms with Crippen LogP contribution in [0.1, 0.15) is 27.0 Å². The summed E-state index contributed by atoms with van der Waals surface area (Å²) < 4.78 is 27.9. The first-order valence-corrected chi connectivity index (χ1v) is 12.9. The topological polar surface area (TPSA) is 95.6 Å². The quantitative estimate of drug-likeness (QED) is 0.408. The first-order chi connectivity index (χ1) is 19.6. The van der Waals surface area contributed by atoms with Crippen LogP contribution in [0, 0.1) is 0 Å². The third kappa shape index (κ3) is 3.27. The highest BCUT2D eigenvalue weighted by atomic mass is 16.7. The third-order valence-electron chi connectivity index (χ3n) is 7.83. The largest absolute Gasteiger partial charge is 0.491 e. The van der Waals surface area contributed by atoms with E-state index in [2.05, 4.69) is 5.32 Å². The van der Waals surface area contributed by atoms with E-state index < -0.39 is 5.41 Å². The fraction of sp³-hybridized carbons (Fsp3) is 0.161. The Bertz CT molecular complexity index is 1720. The number of fused-ring (bicyclic) bond motifs is 6. The molecule has 4 aromatic carbocycles. The number of amides is 2. The van der Waals surface area contributed by atoms with Crippen LogP contribution in [-0.2, 0) is 16.8 Å². The molecule has 0 radical (unpaired) electrons. The Morgan fingerprint density at radius 1 is 0.750 bits per heavy atom. The molecule has 1 N–H and O–H groups in total. The Hall–Kier alpha value is -5.18. The summed E-state index contributed by atoms with van der Waals surface area (Å²) in [4.78, 5) is 28.9. The molecule has 40 heavy (non-hydrogen) atoms. The monoisotopic (exact) mass is 534 g/mol. The normalized spacial score (nSPS) is 19.0. The molecule has 0 aliphatic carbocycles. The van der Waals surface area contributed by atoms with Gasteiger partial charge in [0, 0.05) is 34.6 Å². The molecule has 9 heteroatoms. The molecular weight excluding hydrogens is 512 g/mol. The molecule has 1 unspecified atom stereocenters. The molecule has 9 nitrogen and oxygen atoms in total. The maximum Gasteiger partial charge on any atom is 0.255 e. The fourth-order valence-electron chi connectivity index (χ4n) is 5.84. The van der Waals surface area contributed by atoms with E-state index in [1.807, 2.05) is 42.5 Å². The van der Waals surface area contributed by atoms with Crippen molar-refractivity contribution >= 4 is 23.2 Å². The molecule has 198 valence electrons. The zero-order chi connectivity index (χ0) is 26.8. The molecule has 4 aliphatic rings. The number of ether oxygens (including phenoxy) is 5. The van der Waals surface area contributed by atoms with Gasteiger partial charge in [0.05, 0.1) is 6.54 Å². The summed E-state index contributed by atoms with van der Waals surface area (Å²) in [5.41, 5.74) is 3.57. The zero-order valence-electron chi connectivity index (χ0n) is 21.1. The number of nitrogens with one attached hydrogen (secondary N) is 1. The number of rotatable bonds is 4. The Balaban J connectivity index is 1.06. The molecule has 1 atom stereocenters. The smallest absolute Gasteiger partial charge is 0.255 e. The number of carbonyl (C=O) groups is 2. The average Bonchev–Trinajstić information content (AvgIpc) is 3.76. The number of carbonyl (C=O) groups excluding carboxylic acids is 2. The predicted molar refractivity (Wildman–Crippen MR) is 143 cm³/mol. The lowest BCUT2D eigenvalue weighted by molar-refractivity contribution is -0.122. The molecule has 0 aromatic heterocycles. The standard InChI is InChI=1S/C31H22N2O7/c34-29(32-20-9-10-24-26(11-20)38-16-37-24)19-7-5-18(6-8-19)14-33-23-4-2-1-3-21(23)31(30(33)35)15-36-25-13-28-27(12-22(25)31)39-17-40-28/h1-13H,14-17H2,(H,32,34). The fourth-order valence-corrected chi connectivity index (χ4v) is 5.84. The highest BCUT2D eigenvalue weighted by molar-refractivity contribution is 6.11. The second-order valence-electron chi connectivity index (χ2n) is 10.0. The SMILES string of the molecule is O=C(Nc1ccc2c(c1)OCO2)c1ccc(CN2C(=O)C3(COc4cc5c(cc43)OCO5)c3ccccc32)cc1. The molecule has 4 aliphatic heterocycles. The molecule has 0 saturated heterocycles. The van der Waals surface area contributed by atoms with Crippen molar-refractivity contribution in [3.63, 3.8) is 0 Å². The lowest BCUT2D eigenvalue weighted by atomic mass is 9.77. The van der Waals surface area contributed by atoms with Gasteiger partial charge in [-0.25, -0.2) is 0 Å². The van der Waals surface area contributed by atoms with Crippen molar-refractivity contribution in [3.05, 3.63) is 101 Å². The van der Waals surface area contributed by atoms with Gasteiger partial charge < -0.3 is 33.9 Å². The third-order valence-corrected chi connectivity index (χ3v) is 7.83. The lowest BCUT2D eigenvalue weighted by Crippen LogP contribution is -2.42. The summed E-state index contributed by atoms with van der Waals surface area (Å²) in [6, 6.07) is 24.0. The van der Waals surface area contributed by atoms with Crippen LogP contribution in [0.3, 0.4) is 0 Å². The molecular formula is C31H22N2O7. The van der Waals surface area contributed by atoms with Gasteiger partial charge in [0.25, 0.3) is 5.91 Å². The minimum atomic E-state index is -0.961. The van der Waals surface area contributed by atoms with E-state index >= 15 is 0 Å². The Kier molecular flexibility index (Phi) is 4.79. The van der Waals surface area contributed by atoms with E-state index in [-0.39, 0.29) is 32.0 Å². The van der Waals surface area contributed by atoms with Crippen LogP contribution in [0.4, 0.5) is 11.4 Å². The molecule has 1 spiro atoms. The van der Waals surface area contributed by atoms with Crippen molar-refractivity contribution in [2.75, 3.05) is 30.4 Å². The molecule has 0 saturated carbocycles. The van der Waals surface area contributed by atoms with Crippen LogP contribution < -0.4 is 33.9 Å². The molecule has 2 amide bonds. The van der Waals surface area contributed by atoms with E-state index in [0.29, 0.717) is 46.5 Å². The second kappa shape index (κ2) is 8.41. The second-order valence-corrected chi connectivity index (χ2v) is 10.0. The molecule has 0 bridgehead atoms. The van der Waals surface area contributed by atoms with Gasteiger partial charge in [-0.05, 0) is 47.5 Å². The molecule has 8 rings (SSSR count). The van der Waals surface area contributed by atoms with E-state index in [0.717, 1.165) is 22.4 Å². The van der Waals surface area contributed by atoms with Gasteiger partial charge in [0.1, 0.15) is 17.8 Å². The van der Waals surface area contributed by atoms with Gasteiger partial charge in [-0.1, -0.05) is 30.3 Å². The van der Waals surface area contributed by atoms with Crippen LogP contribution in [-0.4, -0.2) is 32.0 Å². The number of nitrogens with zero attached hydrogens (tertiary/aromatic N) is 1. The average molecular weight is 535 g/mol. The maximum atomic E-state index is 14.2. The van der Waals surface area contributed by atoms with E-state index in [1.165, 1.54) is 0 Å². The number of benzene rings is 4. The van der Waals surface area contributed by atoms with Crippen LogP contribution in [0.5, 0.6) is 28.7 Å².